The molecule has 4 N–H and O–H groups in total. The lowest BCUT2D eigenvalue weighted by molar-refractivity contribution is -0.155. The highest BCUT2D eigenvalue weighted by Gasteiger charge is 2.55. The van der Waals surface area contributed by atoms with Crippen molar-refractivity contribution < 1.29 is 50.6 Å². The second kappa shape index (κ2) is 18.0. The first-order chi connectivity index (χ1) is 27.6. The number of allylic oxidation sites excluding steroid dienone is 1. The molecule has 59 heavy (non-hydrogen) atoms. The topological polar surface area (TPSA) is 215 Å². The monoisotopic (exact) mass is 864 g/mol. The number of likely N-dealkylation sites (tertiary alicyclic amines) is 1. The number of sulfonamides is 1. The van der Waals surface area contributed by atoms with Crippen molar-refractivity contribution in [1.82, 2.24) is 15.5 Å². The Hall–Kier alpha value is -5.85. The molecule has 0 aliphatic carbocycles. The second-order valence-electron chi connectivity index (χ2n) is 14.6. The van der Waals surface area contributed by atoms with Gasteiger partial charge in [-0.25, -0.2) is 26.4 Å². The van der Waals surface area contributed by atoms with Crippen LogP contribution in [-0.4, -0.2) is 74.0 Å². The van der Waals surface area contributed by atoms with E-state index in [0.717, 1.165) is 23.6 Å². The summed E-state index contributed by atoms with van der Waals surface area (Å²) in [5.74, 6) is -3.86. The smallest absolute Gasteiger partial charge is 0.408 e. The number of rotatable bonds is 14. The predicted octanol–water partition coefficient (Wildman–Crippen LogP) is 5.83. The Morgan fingerprint density at radius 1 is 0.831 bits per heavy atom. The van der Waals surface area contributed by atoms with E-state index in [1.165, 1.54) is 36.4 Å². The van der Waals surface area contributed by atoms with Crippen molar-refractivity contribution in [1.29, 1.82) is 0 Å². The number of aryl methyl sites for hydroxylation is 1. The molecule has 3 atom stereocenters. The molecule has 18 heteroatoms. The molecule has 15 nitrogen and oxygen atoms in total. The molecule has 1 heterocycles. The fourth-order valence-corrected chi connectivity index (χ4v) is 9.97. The summed E-state index contributed by atoms with van der Waals surface area (Å²) >= 11 is 0. The zero-order valence-corrected chi connectivity index (χ0v) is 35.4. The van der Waals surface area contributed by atoms with Crippen LogP contribution in [0.3, 0.4) is 0 Å². The van der Waals surface area contributed by atoms with Crippen LogP contribution in [0, 0.1) is 6.92 Å². The minimum Gasteiger partial charge on any atom is -0.510 e. The van der Waals surface area contributed by atoms with Crippen LogP contribution >= 0.6 is 10.8 Å². The van der Waals surface area contributed by atoms with Crippen LogP contribution in [0.5, 0.6) is 0 Å². The van der Waals surface area contributed by atoms with E-state index >= 15 is 0 Å². The van der Waals surface area contributed by atoms with Gasteiger partial charge in [0.1, 0.15) is 28.8 Å². The van der Waals surface area contributed by atoms with Crippen molar-refractivity contribution in [2.24, 2.45) is 0 Å². The molecule has 1 fully saturated rings. The van der Waals surface area contributed by atoms with Gasteiger partial charge in [-0.3, -0.25) is 19.2 Å². The van der Waals surface area contributed by atoms with Gasteiger partial charge in [0, 0.05) is 16.5 Å². The summed E-state index contributed by atoms with van der Waals surface area (Å²) in [6, 6.07) is 25.5. The predicted molar refractivity (Wildman–Crippen MR) is 222 cm³/mol. The molecule has 0 saturated carbocycles. The summed E-state index contributed by atoms with van der Waals surface area (Å²) in [4.78, 5) is 56.2. The maximum atomic E-state index is 14.2. The van der Waals surface area contributed by atoms with Crippen LogP contribution in [0.1, 0.15) is 62.1 Å². The lowest BCUT2D eigenvalue weighted by Crippen LogP contribution is -2.70. The summed E-state index contributed by atoms with van der Waals surface area (Å²) in [6.45, 7) is 7.68. The Kier molecular flexibility index (Phi) is 13.5. The van der Waals surface area contributed by atoms with E-state index in [0.29, 0.717) is 11.1 Å². The van der Waals surface area contributed by atoms with Gasteiger partial charge in [0.15, 0.2) is 11.8 Å². The number of nitrogens with zero attached hydrogens (tertiary/aromatic N) is 1. The number of ether oxygens (including phenoxy) is 2. The Bertz CT molecular complexity index is 2410. The van der Waals surface area contributed by atoms with Crippen molar-refractivity contribution in [3.8, 4) is 0 Å². The van der Waals surface area contributed by atoms with Gasteiger partial charge in [-0.15, -0.1) is 0 Å². The number of carbonyl (C=O) groups is 4. The third kappa shape index (κ3) is 11.4. The SMILES string of the molecule is C/C(O)=C(/C(=O)OC(c1ccccc1)c1ccccc1)N1C(=O)C(NC(=O)C(NC(=O)OC(C)(C)C)c2cccc(NS(C)(=O)=O)c2)C1SS(=O)(=O)c1ccc(C)cc1. The number of nitrogens with one attached hydrogen (secondary N) is 3. The molecule has 0 bridgehead atoms. The Balaban J connectivity index is 1.53. The number of aliphatic hydroxyl groups excluding tert-OH is 1. The van der Waals surface area contributed by atoms with Crippen molar-refractivity contribution in [3.05, 3.63) is 143 Å². The molecule has 5 rings (SSSR count). The van der Waals surface area contributed by atoms with E-state index in [2.05, 4.69) is 15.4 Å². The summed E-state index contributed by atoms with van der Waals surface area (Å²) in [5, 5.41) is 14.4. The third-order valence-electron chi connectivity index (χ3n) is 8.53. The normalized spacial score (nSPS) is 16.6. The van der Waals surface area contributed by atoms with Crippen molar-refractivity contribution >= 4 is 59.3 Å². The molecule has 312 valence electrons. The van der Waals surface area contributed by atoms with E-state index in [9.17, 15) is 41.1 Å². The third-order valence-corrected chi connectivity index (χ3v) is 12.8. The first-order valence-electron chi connectivity index (χ1n) is 18.0. The summed E-state index contributed by atoms with van der Waals surface area (Å²) in [5.41, 5.74) is 0.342. The van der Waals surface area contributed by atoms with E-state index in [1.807, 2.05) is 0 Å². The number of aliphatic hydroxyl groups is 1. The van der Waals surface area contributed by atoms with Gasteiger partial charge in [0.05, 0.1) is 11.2 Å². The van der Waals surface area contributed by atoms with E-state index in [1.54, 1.807) is 100 Å². The number of hydrogen-bond donors (Lipinski definition) is 4. The molecule has 4 aromatic rings. The van der Waals surface area contributed by atoms with Crippen molar-refractivity contribution in [3.63, 3.8) is 0 Å². The molecule has 0 radical (unpaired) electrons. The van der Waals surface area contributed by atoms with Crippen LogP contribution in [0.15, 0.2) is 126 Å². The van der Waals surface area contributed by atoms with Crippen molar-refractivity contribution in [2.45, 2.75) is 68.7 Å². The fraction of sp³-hybridized carbons (Fsp3) is 0.268. The molecular weight excluding hydrogens is 821 g/mol. The average molecular weight is 865 g/mol. The first-order valence-corrected chi connectivity index (χ1v) is 22.8. The number of esters is 1. The molecule has 1 aliphatic rings. The van der Waals surface area contributed by atoms with Crippen LogP contribution in [0.4, 0.5) is 10.5 Å². The number of hydrogen-bond acceptors (Lipinski definition) is 12. The van der Waals surface area contributed by atoms with Crippen LogP contribution in [0.25, 0.3) is 0 Å². The molecule has 1 aliphatic heterocycles. The minimum atomic E-state index is -4.33. The van der Waals surface area contributed by atoms with E-state index in [4.69, 9.17) is 9.47 Å². The van der Waals surface area contributed by atoms with Crippen LogP contribution < -0.4 is 15.4 Å². The van der Waals surface area contributed by atoms with Gasteiger partial charge in [-0.1, -0.05) is 90.5 Å². The zero-order valence-electron chi connectivity index (χ0n) is 32.9. The number of anilines is 1. The molecule has 3 amide bonds. The maximum Gasteiger partial charge on any atom is 0.408 e. The quantitative estimate of drug-likeness (QED) is 0.0388. The standard InChI is InChI=1S/C41H44N4O11S3/c1-25-20-22-31(23-21-25)59(53,54)57-38-33(42-36(47)32(43-40(50)56-41(3,4)5)29-18-13-19-30(24-29)44-58(6,51)52)37(48)45(38)34(26(2)46)39(49)55-35(27-14-9-7-10-15-27)28-16-11-8-12-17-28/h7-24,32-33,35,38,44,46H,1-6H3,(H,42,47)(H,43,50)/b34-26+. The number of β-lactam (4-membered cyclic amide) rings is 1. The minimum absolute atomic E-state index is 0.0494. The maximum absolute atomic E-state index is 14.2. The molecule has 0 spiro atoms. The largest absolute Gasteiger partial charge is 0.510 e. The van der Waals surface area contributed by atoms with Gasteiger partial charge in [0.25, 0.3) is 5.91 Å². The van der Waals surface area contributed by atoms with E-state index in [-0.39, 0.29) is 26.9 Å². The summed E-state index contributed by atoms with van der Waals surface area (Å²) in [7, 11) is -7.85. The highest BCUT2D eigenvalue weighted by atomic mass is 33.1. The zero-order chi connectivity index (χ0) is 43.3. The lowest BCUT2D eigenvalue weighted by atomic mass is 10.0. The van der Waals surface area contributed by atoms with E-state index < -0.39 is 83.4 Å². The van der Waals surface area contributed by atoms with Gasteiger partial charge < -0.3 is 25.2 Å². The molecule has 3 unspecified atom stereocenters. The van der Waals surface area contributed by atoms with Gasteiger partial charge in [-0.2, -0.15) is 0 Å². The van der Waals surface area contributed by atoms with Gasteiger partial charge in [-0.05, 0) is 75.6 Å². The summed E-state index contributed by atoms with van der Waals surface area (Å²) < 4.78 is 65.5. The summed E-state index contributed by atoms with van der Waals surface area (Å²) in [6.07, 6.45) is -1.13. The first kappa shape index (κ1) is 44.3. The van der Waals surface area contributed by atoms with Gasteiger partial charge >= 0.3 is 12.1 Å². The highest BCUT2D eigenvalue weighted by Crippen LogP contribution is 2.41. The lowest BCUT2D eigenvalue weighted by Gasteiger charge is -2.46. The van der Waals surface area contributed by atoms with Crippen molar-refractivity contribution in [2.75, 3.05) is 11.0 Å². The van der Waals surface area contributed by atoms with Crippen LogP contribution in [0.2, 0.25) is 0 Å². The second-order valence-corrected chi connectivity index (χ2v) is 20.3. The Labute approximate surface area is 346 Å². The molecule has 4 aromatic carbocycles. The number of amides is 3. The van der Waals surface area contributed by atoms with Crippen LogP contribution in [-0.2, 0) is 42.7 Å². The fourth-order valence-electron chi connectivity index (χ4n) is 5.95. The Morgan fingerprint density at radius 3 is 1.92 bits per heavy atom. The highest BCUT2D eigenvalue weighted by molar-refractivity contribution is 8.72. The number of benzene rings is 4. The molecule has 0 aromatic heterocycles. The average Bonchev–Trinajstić information content (AvgIpc) is 3.16. The number of carbonyl (C=O) groups excluding carboxylic acids is 4. The molecule has 1 saturated heterocycles. The molecular formula is C41H44N4O11S3. The van der Waals surface area contributed by atoms with Gasteiger partial charge in [0.2, 0.25) is 24.8 Å². The Morgan fingerprint density at radius 2 is 1.39 bits per heavy atom. The number of alkyl carbamates (subject to hydrolysis) is 1.